The van der Waals surface area contributed by atoms with Gasteiger partial charge in [0.05, 0.1) is 7.11 Å². The smallest absolute Gasteiger partial charge is 0.257 e. The fourth-order valence-corrected chi connectivity index (χ4v) is 1.41. The molecule has 2 rings (SSSR count). The van der Waals surface area contributed by atoms with Crippen molar-refractivity contribution in [2.75, 3.05) is 12.8 Å². The highest BCUT2D eigenvalue weighted by Crippen LogP contribution is 2.23. The number of anilines is 1. The minimum absolute atomic E-state index is 0.438. The van der Waals surface area contributed by atoms with Crippen molar-refractivity contribution in [3.05, 3.63) is 48.2 Å². The molecule has 0 saturated carbocycles. The molecule has 0 aliphatic heterocycles. The molecule has 0 bridgehead atoms. The molecule has 17 heavy (non-hydrogen) atoms. The average Bonchev–Trinajstić information content (AvgIpc) is 2.38. The first-order valence-electron chi connectivity index (χ1n) is 5.26. The van der Waals surface area contributed by atoms with Crippen LogP contribution in [0.2, 0.25) is 0 Å². The minimum atomic E-state index is 0.438. The number of nitrogens with zero attached hydrogens (tertiary/aromatic N) is 1. The van der Waals surface area contributed by atoms with E-state index in [1.54, 1.807) is 19.4 Å². The van der Waals surface area contributed by atoms with Gasteiger partial charge in [-0.3, -0.25) is 0 Å². The van der Waals surface area contributed by atoms with Gasteiger partial charge in [0, 0.05) is 11.9 Å². The lowest BCUT2D eigenvalue weighted by Crippen LogP contribution is -1.99. The van der Waals surface area contributed by atoms with Crippen LogP contribution in [0.15, 0.2) is 42.6 Å². The second-order valence-electron chi connectivity index (χ2n) is 3.54. The van der Waals surface area contributed by atoms with Crippen LogP contribution in [0.1, 0.15) is 5.56 Å². The first kappa shape index (κ1) is 11.3. The first-order valence-corrected chi connectivity index (χ1v) is 5.26. The van der Waals surface area contributed by atoms with Gasteiger partial charge in [-0.2, -0.15) is 0 Å². The molecular formula is C13H14N2O2. The fraction of sp³-hybridized carbons (Fsp3) is 0.154. The summed E-state index contributed by atoms with van der Waals surface area (Å²) in [5.41, 5.74) is 7.38. The molecule has 0 aliphatic rings. The van der Waals surface area contributed by atoms with E-state index in [4.69, 9.17) is 15.2 Å². The molecule has 1 aromatic heterocycles. The maximum atomic E-state index is 5.61. The van der Waals surface area contributed by atoms with E-state index < -0.39 is 0 Å². The van der Waals surface area contributed by atoms with Crippen molar-refractivity contribution in [1.82, 2.24) is 4.98 Å². The van der Waals surface area contributed by atoms with E-state index in [0.717, 1.165) is 11.3 Å². The largest absolute Gasteiger partial charge is 0.491 e. The standard InChI is InChI=1S/C13H14N2O2/c1-16-12-3-2-8-15-13(12)17-9-10-4-6-11(14)7-5-10/h2-8H,9,14H2,1H3. The maximum absolute atomic E-state index is 5.61. The summed E-state index contributed by atoms with van der Waals surface area (Å²) >= 11 is 0. The minimum Gasteiger partial charge on any atom is -0.491 e. The Morgan fingerprint density at radius 3 is 2.65 bits per heavy atom. The number of ether oxygens (including phenoxy) is 2. The number of benzene rings is 1. The van der Waals surface area contributed by atoms with Gasteiger partial charge in [-0.1, -0.05) is 12.1 Å². The number of methoxy groups -OCH3 is 1. The van der Waals surface area contributed by atoms with Crippen molar-refractivity contribution in [3.63, 3.8) is 0 Å². The first-order chi connectivity index (χ1) is 8.29. The molecular weight excluding hydrogens is 216 g/mol. The van der Waals surface area contributed by atoms with Gasteiger partial charge >= 0.3 is 0 Å². The Balaban J connectivity index is 2.04. The Kier molecular flexibility index (Phi) is 3.45. The van der Waals surface area contributed by atoms with Gasteiger partial charge in [-0.25, -0.2) is 4.98 Å². The van der Waals surface area contributed by atoms with Gasteiger partial charge in [0.15, 0.2) is 5.75 Å². The van der Waals surface area contributed by atoms with Gasteiger partial charge in [0.1, 0.15) is 6.61 Å². The normalized spacial score (nSPS) is 9.94. The monoisotopic (exact) mass is 230 g/mol. The molecule has 2 N–H and O–H groups in total. The zero-order chi connectivity index (χ0) is 12.1. The fourth-order valence-electron chi connectivity index (χ4n) is 1.41. The summed E-state index contributed by atoms with van der Waals surface area (Å²) in [5.74, 6) is 1.12. The third-order valence-corrected chi connectivity index (χ3v) is 2.31. The topological polar surface area (TPSA) is 57.4 Å². The molecule has 4 heteroatoms. The molecule has 0 amide bonds. The van der Waals surface area contributed by atoms with Crippen LogP contribution < -0.4 is 15.2 Å². The Morgan fingerprint density at radius 2 is 1.94 bits per heavy atom. The molecule has 4 nitrogen and oxygen atoms in total. The summed E-state index contributed by atoms with van der Waals surface area (Å²) in [5, 5.41) is 0. The average molecular weight is 230 g/mol. The van der Waals surface area contributed by atoms with Crippen LogP contribution in [-0.2, 0) is 6.61 Å². The Morgan fingerprint density at radius 1 is 1.18 bits per heavy atom. The van der Waals surface area contributed by atoms with E-state index >= 15 is 0 Å². The third kappa shape index (κ3) is 2.87. The summed E-state index contributed by atoms with van der Waals surface area (Å²) in [7, 11) is 1.59. The number of hydrogen-bond acceptors (Lipinski definition) is 4. The van der Waals surface area contributed by atoms with Crippen molar-refractivity contribution >= 4 is 5.69 Å². The van der Waals surface area contributed by atoms with Gasteiger partial charge < -0.3 is 15.2 Å². The van der Waals surface area contributed by atoms with Crippen molar-refractivity contribution in [2.24, 2.45) is 0 Å². The Bertz CT molecular complexity index is 483. The predicted molar refractivity (Wildman–Crippen MR) is 66.0 cm³/mol. The maximum Gasteiger partial charge on any atom is 0.257 e. The summed E-state index contributed by atoms with van der Waals surface area (Å²) in [6, 6.07) is 11.1. The highest BCUT2D eigenvalue weighted by atomic mass is 16.5. The van der Waals surface area contributed by atoms with Crippen LogP contribution in [0.5, 0.6) is 11.6 Å². The van der Waals surface area contributed by atoms with Crippen LogP contribution in [-0.4, -0.2) is 12.1 Å². The lowest BCUT2D eigenvalue weighted by molar-refractivity contribution is 0.272. The van der Waals surface area contributed by atoms with Gasteiger partial charge in [-0.15, -0.1) is 0 Å². The zero-order valence-electron chi connectivity index (χ0n) is 9.59. The predicted octanol–water partition coefficient (Wildman–Crippen LogP) is 2.25. The highest BCUT2D eigenvalue weighted by molar-refractivity contribution is 5.39. The molecule has 0 spiro atoms. The molecule has 0 radical (unpaired) electrons. The molecule has 0 aliphatic carbocycles. The van der Waals surface area contributed by atoms with E-state index in [2.05, 4.69) is 4.98 Å². The SMILES string of the molecule is COc1cccnc1OCc1ccc(N)cc1. The summed E-state index contributed by atoms with van der Waals surface area (Å²) in [4.78, 5) is 4.11. The molecule has 1 heterocycles. The van der Waals surface area contributed by atoms with Crippen molar-refractivity contribution in [1.29, 1.82) is 0 Å². The van der Waals surface area contributed by atoms with E-state index in [1.807, 2.05) is 30.3 Å². The van der Waals surface area contributed by atoms with E-state index in [0.29, 0.717) is 18.2 Å². The van der Waals surface area contributed by atoms with E-state index in [-0.39, 0.29) is 0 Å². The van der Waals surface area contributed by atoms with E-state index in [1.165, 1.54) is 0 Å². The van der Waals surface area contributed by atoms with Crippen LogP contribution in [0.3, 0.4) is 0 Å². The molecule has 0 atom stereocenters. The van der Waals surface area contributed by atoms with Crippen molar-refractivity contribution in [3.8, 4) is 11.6 Å². The second-order valence-corrected chi connectivity index (χ2v) is 3.54. The van der Waals surface area contributed by atoms with Crippen molar-refractivity contribution in [2.45, 2.75) is 6.61 Å². The third-order valence-electron chi connectivity index (χ3n) is 2.31. The highest BCUT2D eigenvalue weighted by Gasteiger charge is 2.04. The zero-order valence-corrected chi connectivity index (χ0v) is 9.59. The summed E-state index contributed by atoms with van der Waals surface area (Å²) in [6.07, 6.45) is 1.67. The number of pyridine rings is 1. The number of nitrogens with two attached hydrogens (primary N) is 1. The lowest BCUT2D eigenvalue weighted by atomic mass is 10.2. The van der Waals surface area contributed by atoms with Gasteiger partial charge in [0.2, 0.25) is 0 Å². The molecule has 0 saturated heterocycles. The van der Waals surface area contributed by atoms with Crippen LogP contribution in [0, 0.1) is 0 Å². The van der Waals surface area contributed by atoms with Crippen molar-refractivity contribution < 1.29 is 9.47 Å². The lowest BCUT2D eigenvalue weighted by Gasteiger charge is -2.08. The molecule has 2 aromatic rings. The van der Waals surface area contributed by atoms with Crippen LogP contribution in [0.25, 0.3) is 0 Å². The Hall–Kier alpha value is -2.23. The number of hydrogen-bond donors (Lipinski definition) is 1. The number of rotatable bonds is 4. The van der Waals surface area contributed by atoms with Crippen LogP contribution >= 0.6 is 0 Å². The Labute approximate surface area is 100 Å². The molecule has 1 aromatic carbocycles. The summed E-state index contributed by atoms with van der Waals surface area (Å²) < 4.78 is 10.7. The van der Waals surface area contributed by atoms with E-state index in [9.17, 15) is 0 Å². The van der Waals surface area contributed by atoms with Gasteiger partial charge in [0.25, 0.3) is 5.88 Å². The quantitative estimate of drug-likeness (QED) is 0.818. The summed E-state index contributed by atoms with van der Waals surface area (Å²) in [6.45, 7) is 0.438. The second kappa shape index (κ2) is 5.21. The number of aromatic nitrogens is 1. The number of nitrogen functional groups attached to an aromatic ring is 1. The van der Waals surface area contributed by atoms with Crippen LogP contribution in [0.4, 0.5) is 5.69 Å². The van der Waals surface area contributed by atoms with Gasteiger partial charge in [-0.05, 0) is 29.8 Å². The molecule has 0 fully saturated rings. The molecule has 88 valence electrons. The molecule has 0 unspecified atom stereocenters.